The first-order valence-electron chi connectivity index (χ1n) is 8.41. The normalized spacial score (nSPS) is 30.1. The average Bonchev–Trinajstić information content (AvgIpc) is 3.25. The lowest BCUT2D eigenvalue weighted by molar-refractivity contribution is 0.143. The van der Waals surface area contributed by atoms with Gasteiger partial charge in [-0.1, -0.05) is 18.2 Å². The monoisotopic (exact) mass is 336 g/mol. The van der Waals surface area contributed by atoms with Gasteiger partial charge in [0.05, 0.1) is 17.0 Å². The molecule has 0 bridgehead atoms. The third-order valence-corrected chi connectivity index (χ3v) is 7.48. The van der Waals surface area contributed by atoms with Crippen LogP contribution in [0.4, 0.5) is 0 Å². The van der Waals surface area contributed by atoms with Crippen LogP contribution in [0.2, 0.25) is 0 Å². The number of methoxy groups -OCH3 is 1. The fourth-order valence-corrected chi connectivity index (χ4v) is 6.21. The van der Waals surface area contributed by atoms with Gasteiger partial charge in [0.1, 0.15) is 0 Å². The molecule has 1 spiro atoms. The average molecular weight is 336 g/mol. The van der Waals surface area contributed by atoms with Gasteiger partial charge >= 0.3 is 0 Å². The number of fused-ring (bicyclic) bond motifs is 2. The number of rotatable bonds is 5. The highest BCUT2D eigenvalue weighted by molar-refractivity contribution is 7.89. The summed E-state index contributed by atoms with van der Waals surface area (Å²) in [6, 6.07) is 7.59. The summed E-state index contributed by atoms with van der Waals surface area (Å²) in [5.41, 5.74) is 0.631. The van der Waals surface area contributed by atoms with Crippen molar-refractivity contribution < 1.29 is 13.2 Å². The Morgan fingerprint density at radius 1 is 1.30 bits per heavy atom. The van der Waals surface area contributed by atoms with E-state index in [1.165, 1.54) is 0 Å². The van der Waals surface area contributed by atoms with E-state index in [1.807, 2.05) is 22.5 Å². The van der Waals surface area contributed by atoms with Crippen LogP contribution in [0.25, 0.3) is 0 Å². The smallest absolute Gasteiger partial charge is 0.244 e. The largest absolute Gasteiger partial charge is 0.383 e. The predicted molar refractivity (Wildman–Crippen MR) is 87.7 cm³/mol. The zero-order valence-corrected chi connectivity index (χ0v) is 14.4. The van der Waals surface area contributed by atoms with E-state index in [0.717, 1.165) is 44.5 Å². The Balaban J connectivity index is 1.73. The second-order valence-corrected chi connectivity index (χ2v) is 8.86. The van der Waals surface area contributed by atoms with Crippen LogP contribution in [0.1, 0.15) is 24.8 Å². The van der Waals surface area contributed by atoms with Gasteiger partial charge in [-0.3, -0.25) is 4.90 Å². The minimum absolute atomic E-state index is 0.369. The van der Waals surface area contributed by atoms with E-state index >= 15 is 0 Å². The van der Waals surface area contributed by atoms with Crippen LogP contribution < -0.4 is 0 Å². The maximum atomic E-state index is 13.1. The van der Waals surface area contributed by atoms with E-state index in [2.05, 4.69) is 4.90 Å². The molecule has 23 heavy (non-hydrogen) atoms. The topological polar surface area (TPSA) is 49.9 Å². The predicted octanol–water partition coefficient (Wildman–Crippen LogP) is 1.65. The first-order chi connectivity index (χ1) is 11.1. The molecule has 5 nitrogen and oxygen atoms in total. The fourth-order valence-electron chi connectivity index (χ4n) is 4.07. The van der Waals surface area contributed by atoms with Gasteiger partial charge in [0.2, 0.25) is 10.0 Å². The molecule has 1 aromatic rings. The van der Waals surface area contributed by atoms with Gasteiger partial charge in [0.25, 0.3) is 0 Å². The SMILES string of the molecule is COCCN1CCC2(C1)c1ccccc1S(=O)(=O)N2CC1CC1. The van der Waals surface area contributed by atoms with Crippen LogP contribution in [-0.4, -0.2) is 57.5 Å². The molecular weight excluding hydrogens is 312 g/mol. The third kappa shape index (κ3) is 2.43. The zero-order valence-electron chi connectivity index (χ0n) is 13.6. The molecule has 0 amide bonds. The second-order valence-electron chi connectivity index (χ2n) is 7.03. The Morgan fingerprint density at radius 2 is 2.09 bits per heavy atom. The van der Waals surface area contributed by atoms with Crippen LogP contribution in [0.5, 0.6) is 0 Å². The van der Waals surface area contributed by atoms with E-state index < -0.39 is 10.0 Å². The van der Waals surface area contributed by atoms with Crippen molar-refractivity contribution in [2.75, 3.05) is 39.9 Å². The summed E-state index contributed by atoms with van der Waals surface area (Å²) >= 11 is 0. The van der Waals surface area contributed by atoms with Crippen molar-refractivity contribution in [2.45, 2.75) is 29.7 Å². The molecular formula is C17H24N2O3S. The van der Waals surface area contributed by atoms with E-state index in [4.69, 9.17) is 4.74 Å². The van der Waals surface area contributed by atoms with Gasteiger partial charge in [-0.25, -0.2) is 8.42 Å². The summed E-state index contributed by atoms with van der Waals surface area (Å²) in [4.78, 5) is 2.86. The van der Waals surface area contributed by atoms with E-state index in [9.17, 15) is 8.42 Å². The molecule has 2 aliphatic heterocycles. The lowest BCUT2D eigenvalue weighted by Gasteiger charge is -2.34. The summed E-state index contributed by atoms with van der Waals surface area (Å²) in [6.07, 6.45) is 3.19. The third-order valence-electron chi connectivity index (χ3n) is 5.49. The van der Waals surface area contributed by atoms with E-state index in [1.54, 1.807) is 13.2 Å². The highest BCUT2D eigenvalue weighted by Gasteiger charge is 2.57. The van der Waals surface area contributed by atoms with Crippen molar-refractivity contribution >= 4 is 10.0 Å². The van der Waals surface area contributed by atoms with Crippen molar-refractivity contribution in [1.82, 2.24) is 9.21 Å². The molecule has 1 unspecified atom stereocenters. The minimum atomic E-state index is -3.36. The first-order valence-corrected chi connectivity index (χ1v) is 9.85. The van der Waals surface area contributed by atoms with Crippen LogP contribution in [-0.2, 0) is 20.3 Å². The van der Waals surface area contributed by atoms with Crippen molar-refractivity contribution in [3.8, 4) is 0 Å². The summed E-state index contributed by atoms with van der Waals surface area (Å²) in [5.74, 6) is 0.545. The molecule has 2 fully saturated rings. The van der Waals surface area contributed by atoms with Crippen LogP contribution in [0.3, 0.4) is 0 Å². The van der Waals surface area contributed by atoms with Gasteiger partial charge in [-0.2, -0.15) is 4.31 Å². The van der Waals surface area contributed by atoms with Crippen LogP contribution >= 0.6 is 0 Å². The van der Waals surface area contributed by atoms with Gasteiger partial charge < -0.3 is 4.74 Å². The number of ether oxygens (including phenoxy) is 1. The summed E-state index contributed by atoms with van der Waals surface area (Å²) in [7, 11) is -1.65. The van der Waals surface area contributed by atoms with Gasteiger partial charge in [-0.05, 0) is 36.8 Å². The van der Waals surface area contributed by atoms with Crippen molar-refractivity contribution in [3.05, 3.63) is 29.8 Å². The van der Waals surface area contributed by atoms with E-state index in [-0.39, 0.29) is 5.54 Å². The highest BCUT2D eigenvalue weighted by Crippen LogP contribution is 2.50. The Hall–Kier alpha value is -0.950. The molecule has 1 saturated carbocycles. The van der Waals surface area contributed by atoms with Crippen molar-refractivity contribution in [3.63, 3.8) is 0 Å². The van der Waals surface area contributed by atoms with Crippen molar-refractivity contribution in [1.29, 1.82) is 0 Å². The first kappa shape index (κ1) is 15.6. The number of benzene rings is 1. The minimum Gasteiger partial charge on any atom is -0.383 e. The molecule has 1 aromatic carbocycles. The van der Waals surface area contributed by atoms with Gasteiger partial charge in [0.15, 0.2) is 0 Å². The molecule has 4 rings (SSSR count). The highest BCUT2D eigenvalue weighted by atomic mass is 32.2. The molecule has 0 radical (unpaired) electrons. The Bertz CT molecular complexity index is 702. The maximum absolute atomic E-state index is 13.1. The Kier molecular flexibility index (Phi) is 3.76. The summed E-state index contributed by atoms with van der Waals surface area (Å²) in [5, 5.41) is 0. The molecule has 2 heterocycles. The molecule has 6 heteroatoms. The summed E-state index contributed by atoms with van der Waals surface area (Å²) in [6.45, 7) is 3.92. The molecule has 0 N–H and O–H groups in total. The number of nitrogens with zero attached hydrogens (tertiary/aromatic N) is 2. The Labute approximate surface area is 138 Å². The molecule has 1 saturated heterocycles. The Morgan fingerprint density at radius 3 is 2.83 bits per heavy atom. The lowest BCUT2D eigenvalue weighted by atomic mass is 9.88. The fraction of sp³-hybridized carbons (Fsp3) is 0.647. The zero-order chi connectivity index (χ0) is 16.1. The summed E-state index contributed by atoms with van der Waals surface area (Å²) < 4.78 is 33.2. The lowest BCUT2D eigenvalue weighted by Crippen LogP contribution is -2.47. The maximum Gasteiger partial charge on any atom is 0.244 e. The van der Waals surface area contributed by atoms with E-state index in [0.29, 0.717) is 24.0 Å². The van der Waals surface area contributed by atoms with Crippen LogP contribution in [0, 0.1) is 5.92 Å². The van der Waals surface area contributed by atoms with Crippen molar-refractivity contribution in [2.24, 2.45) is 5.92 Å². The standard InChI is InChI=1S/C17H24N2O3S/c1-22-11-10-18-9-8-17(13-18)15-4-2-3-5-16(15)23(20,21)19(17)12-14-6-7-14/h2-5,14H,6-13H2,1H3. The second kappa shape index (κ2) is 5.55. The number of likely N-dealkylation sites (tertiary alicyclic amines) is 1. The molecule has 126 valence electrons. The number of hydrogen-bond donors (Lipinski definition) is 0. The molecule has 3 aliphatic rings. The molecule has 1 atom stereocenters. The number of sulfonamides is 1. The van der Waals surface area contributed by atoms with Crippen LogP contribution in [0.15, 0.2) is 29.2 Å². The van der Waals surface area contributed by atoms with Gasteiger partial charge in [0, 0.05) is 33.3 Å². The van der Waals surface area contributed by atoms with Gasteiger partial charge in [-0.15, -0.1) is 0 Å². The molecule has 1 aliphatic carbocycles. The quantitative estimate of drug-likeness (QED) is 0.820. The molecule has 0 aromatic heterocycles. The number of hydrogen-bond acceptors (Lipinski definition) is 4.